The van der Waals surface area contributed by atoms with Crippen LogP contribution in [-0.4, -0.2) is 21.6 Å². The summed E-state index contributed by atoms with van der Waals surface area (Å²) in [5.74, 6) is -2.08. The van der Waals surface area contributed by atoms with Crippen molar-refractivity contribution in [3.8, 4) is 0 Å². The summed E-state index contributed by atoms with van der Waals surface area (Å²) in [7, 11) is 0. The van der Waals surface area contributed by atoms with Gasteiger partial charge in [-0.3, -0.25) is 9.36 Å². The summed E-state index contributed by atoms with van der Waals surface area (Å²) in [5, 5.41) is 8.96. The summed E-state index contributed by atoms with van der Waals surface area (Å²) < 4.78 is 40.1. The molecule has 0 bridgehead atoms. The molecule has 0 saturated carbocycles. The number of alkyl halides is 3. The fourth-order valence-electron chi connectivity index (χ4n) is 2.86. The number of aryl methyl sites for hydroxylation is 1. The summed E-state index contributed by atoms with van der Waals surface area (Å²) >= 11 is 12.1. The monoisotopic (exact) mass is 415 g/mol. The summed E-state index contributed by atoms with van der Waals surface area (Å²) in [6, 6.07) is 5.62. The van der Waals surface area contributed by atoms with E-state index in [1.807, 2.05) is 0 Å². The molecule has 0 atom stereocenters. The van der Waals surface area contributed by atoms with E-state index in [-0.39, 0.29) is 37.6 Å². The van der Waals surface area contributed by atoms with E-state index in [0.717, 1.165) is 16.7 Å². The van der Waals surface area contributed by atoms with Crippen LogP contribution in [0.3, 0.4) is 0 Å². The SMILES string of the molecule is Cc1cc(C(F)(F)F)cc2ccn(C(=O)c3c(Cl)ccc(C(=O)O)c3Cl)c12. The number of carbonyl (C=O) groups is 2. The first-order valence-electron chi connectivity index (χ1n) is 7.47. The van der Waals surface area contributed by atoms with Gasteiger partial charge < -0.3 is 5.11 Å². The van der Waals surface area contributed by atoms with Crippen molar-refractivity contribution in [1.82, 2.24) is 4.57 Å². The number of aromatic carboxylic acids is 1. The third-order valence-corrected chi connectivity index (χ3v) is 4.76. The van der Waals surface area contributed by atoms with Crippen LogP contribution in [0, 0.1) is 6.92 Å². The maximum Gasteiger partial charge on any atom is 0.416 e. The maximum atomic E-state index is 13.0. The van der Waals surface area contributed by atoms with Gasteiger partial charge in [-0.2, -0.15) is 13.2 Å². The highest BCUT2D eigenvalue weighted by Crippen LogP contribution is 2.35. The third-order valence-electron chi connectivity index (χ3n) is 4.06. The van der Waals surface area contributed by atoms with Crippen molar-refractivity contribution in [3.63, 3.8) is 0 Å². The van der Waals surface area contributed by atoms with Crippen LogP contribution in [0.15, 0.2) is 36.5 Å². The van der Waals surface area contributed by atoms with Crippen LogP contribution in [-0.2, 0) is 6.18 Å². The van der Waals surface area contributed by atoms with E-state index in [1.54, 1.807) is 0 Å². The lowest BCUT2D eigenvalue weighted by Gasteiger charge is -2.13. The zero-order valence-electron chi connectivity index (χ0n) is 13.6. The highest BCUT2D eigenvalue weighted by atomic mass is 35.5. The minimum atomic E-state index is -4.52. The number of carboxylic acid groups (broad SMARTS) is 1. The predicted molar refractivity (Wildman–Crippen MR) is 94.8 cm³/mol. The number of carboxylic acids is 1. The lowest BCUT2D eigenvalue weighted by atomic mass is 10.1. The molecule has 0 radical (unpaired) electrons. The van der Waals surface area contributed by atoms with E-state index in [9.17, 15) is 22.8 Å². The highest BCUT2D eigenvalue weighted by Gasteiger charge is 2.32. The molecule has 140 valence electrons. The first-order chi connectivity index (χ1) is 12.5. The molecule has 1 N–H and O–H groups in total. The smallest absolute Gasteiger partial charge is 0.416 e. The highest BCUT2D eigenvalue weighted by molar-refractivity contribution is 6.41. The Labute approximate surface area is 160 Å². The average Bonchev–Trinajstić information content (AvgIpc) is 2.98. The average molecular weight is 416 g/mol. The van der Waals surface area contributed by atoms with Crippen molar-refractivity contribution in [2.45, 2.75) is 13.1 Å². The minimum absolute atomic E-state index is 0.0681. The second kappa shape index (κ2) is 6.58. The van der Waals surface area contributed by atoms with E-state index in [4.69, 9.17) is 28.3 Å². The van der Waals surface area contributed by atoms with E-state index in [1.165, 1.54) is 31.3 Å². The largest absolute Gasteiger partial charge is 0.478 e. The number of hydrogen-bond acceptors (Lipinski definition) is 2. The van der Waals surface area contributed by atoms with E-state index < -0.39 is 23.6 Å². The molecule has 3 rings (SSSR count). The molecule has 9 heteroatoms. The van der Waals surface area contributed by atoms with Crippen molar-refractivity contribution in [1.29, 1.82) is 0 Å². The molecule has 0 aliphatic rings. The number of hydrogen-bond donors (Lipinski definition) is 1. The summed E-state index contributed by atoms with van der Waals surface area (Å²) in [5.41, 5.74) is -0.908. The quantitative estimate of drug-likeness (QED) is 0.587. The molecule has 0 aliphatic carbocycles. The molecule has 0 unspecified atom stereocenters. The number of fused-ring (bicyclic) bond motifs is 1. The van der Waals surface area contributed by atoms with Gasteiger partial charge in [0.05, 0.1) is 32.3 Å². The predicted octanol–water partition coefficient (Wildman–Crippen LogP) is 5.66. The third kappa shape index (κ3) is 3.28. The Balaban J connectivity index is 2.21. The van der Waals surface area contributed by atoms with Crippen LogP contribution in [0.25, 0.3) is 10.9 Å². The lowest BCUT2D eigenvalue weighted by molar-refractivity contribution is -0.137. The molecule has 0 saturated heterocycles. The molecule has 0 fully saturated rings. The van der Waals surface area contributed by atoms with Crippen LogP contribution in [0.1, 0.15) is 31.8 Å². The first-order valence-corrected chi connectivity index (χ1v) is 8.23. The van der Waals surface area contributed by atoms with Crippen molar-refractivity contribution >= 4 is 46.0 Å². The molecule has 0 amide bonds. The van der Waals surface area contributed by atoms with Crippen LogP contribution < -0.4 is 0 Å². The molecule has 0 aliphatic heterocycles. The Morgan fingerprint density at radius 1 is 1.11 bits per heavy atom. The summed E-state index contributed by atoms with van der Waals surface area (Å²) in [4.78, 5) is 24.2. The normalized spacial score (nSPS) is 11.8. The van der Waals surface area contributed by atoms with Gasteiger partial charge in [-0.05, 0) is 42.8 Å². The molecule has 2 aromatic carbocycles. The number of halogens is 5. The number of nitrogens with zero attached hydrogens (tertiary/aromatic N) is 1. The van der Waals surface area contributed by atoms with Crippen LogP contribution in [0.2, 0.25) is 10.0 Å². The van der Waals surface area contributed by atoms with Gasteiger partial charge >= 0.3 is 12.1 Å². The van der Waals surface area contributed by atoms with Crippen LogP contribution in [0.5, 0.6) is 0 Å². The number of rotatable bonds is 2. The Hall–Kier alpha value is -2.51. The molecule has 27 heavy (non-hydrogen) atoms. The van der Waals surface area contributed by atoms with Crippen molar-refractivity contribution in [3.05, 3.63) is 68.8 Å². The van der Waals surface area contributed by atoms with Gasteiger partial charge in [-0.25, -0.2) is 4.79 Å². The Morgan fingerprint density at radius 2 is 1.78 bits per heavy atom. The zero-order valence-corrected chi connectivity index (χ0v) is 15.1. The molecule has 1 heterocycles. The molecule has 3 aromatic rings. The van der Waals surface area contributed by atoms with Gasteiger partial charge in [0.25, 0.3) is 5.91 Å². The van der Waals surface area contributed by atoms with Gasteiger partial charge in [-0.1, -0.05) is 23.2 Å². The minimum Gasteiger partial charge on any atom is -0.478 e. The Kier molecular flexibility index (Phi) is 4.69. The molecule has 1 aromatic heterocycles. The van der Waals surface area contributed by atoms with Gasteiger partial charge in [-0.15, -0.1) is 0 Å². The fraction of sp³-hybridized carbons (Fsp3) is 0.111. The Bertz CT molecular complexity index is 1100. The molecular weight excluding hydrogens is 406 g/mol. The summed E-state index contributed by atoms with van der Waals surface area (Å²) in [6.07, 6.45) is -3.23. The van der Waals surface area contributed by atoms with Gasteiger partial charge in [0, 0.05) is 11.6 Å². The van der Waals surface area contributed by atoms with Crippen molar-refractivity contribution < 1.29 is 27.9 Å². The van der Waals surface area contributed by atoms with E-state index >= 15 is 0 Å². The van der Waals surface area contributed by atoms with Crippen molar-refractivity contribution in [2.24, 2.45) is 0 Å². The van der Waals surface area contributed by atoms with Gasteiger partial charge in [0.15, 0.2) is 0 Å². The topological polar surface area (TPSA) is 59.3 Å². The number of benzene rings is 2. The molecular formula is C18H10Cl2F3NO3. The molecule has 4 nitrogen and oxygen atoms in total. The zero-order chi connectivity index (χ0) is 20.1. The first kappa shape index (κ1) is 19.3. The standard InChI is InChI=1S/C18H10Cl2F3NO3/c1-8-6-10(18(21,22)23)7-9-4-5-24(15(8)9)16(25)13-12(19)3-2-11(14(13)20)17(26)27/h2-7H,1H3,(H,26,27). The fourth-order valence-corrected chi connectivity index (χ4v) is 3.47. The van der Waals surface area contributed by atoms with E-state index in [0.29, 0.717) is 0 Å². The Morgan fingerprint density at radius 3 is 2.37 bits per heavy atom. The van der Waals surface area contributed by atoms with Gasteiger partial charge in [0.1, 0.15) is 0 Å². The van der Waals surface area contributed by atoms with Gasteiger partial charge in [0.2, 0.25) is 0 Å². The second-order valence-corrected chi connectivity index (χ2v) is 6.59. The lowest BCUT2D eigenvalue weighted by Crippen LogP contribution is -2.14. The van der Waals surface area contributed by atoms with Crippen LogP contribution in [0.4, 0.5) is 13.2 Å². The number of carbonyl (C=O) groups excluding carboxylic acids is 1. The van der Waals surface area contributed by atoms with Crippen molar-refractivity contribution in [2.75, 3.05) is 0 Å². The maximum absolute atomic E-state index is 13.0. The second-order valence-electron chi connectivity index (χ2n) is 5.81. The summed E-state index contributed by atoms with van der Waals surface area (Å²) in [6.45, 7) is 1.44. The molecule has 0 spiro atoms. The van der Waals surface area contributed by atoms with Crippen LogP contribution >= 0.6 is 23.2 Å². The van der Waals surface area contributed by atoms with E-state index in [2.05, 4.69) is 0 Å². The number of aromatic nitrogens is 1.